The van der Waals surface area contributed by atoms with E-state index in [0.717, 1.165) is 53.4 Å². The zero-order valence-corrected chi connectivity index (χ0v) is 19.9. The third kappa shape index (κ3) is 4.73. The Balaban J connectivity index is 1.39. The van der Waals surface area contributed by atoms with Crippen molar-refractivity contribution in [2.45, 2.75) is 44.4 Å². The zero-order chi connectivity index (χ0) is 22.8. The molecule has 3 aliphatic rings. The molecule has 1 amide bonds. The Morgan fingerprint density at radius 3 is 2.61 bits per heavy atom. The molecule has 2 aromatic rings. The number of ether oxygens (including phenoxy) is 1. The average molecular weight is 463 g/mol. The van der Waals surface area contributed by atoms with Crippen molar-refractivity contribution >= 4 is 28.9 Å². The van der Waals surface area contributed by atoms with Crippen LogP contribution < -0.4 is 0 Å². The normalized spacial score (nSPS) is 22.0. The molecule has 33 heavy (non-hydrogen) atoms. The molecule has 1 aliphatic carbocycles. The maximum atomic E-state index is 12.5. The van der Waals surface area contributed by atoms with E-state index < -0.39 is 0 Å². The number of rotatable bonds is 3. The number of hydrogen-bond acceptors (Lipinski definition) is 5. The molecule has 1 N–H and O–H groups in total. The van der Waals surface area contributed by atoms with Gasteiger partial charge in [-0.05, 0) is 71.0 Å². The van der Waals surface area contributed by atoms with Crippen molar-refractivity contribution in [1.82, 2.24) is 4.90 Å². The number of phenols is 1. The number of morpholine rings is 1. The summed E-state index contributed by atoms with van der Waals surface area (Å²) in [7, 11) is 0. The predicted octanol–water partition coefficient (Wildman–Crippen LogP) is 5.58. The van der Waals surface area contributed by atoms with Crippen LogP contribution in [0.15, 0.2) is 52.4 Å². The van der Waals surface area contributed by atoms with E-state index >= 15 is 0 Å². The number of carbonyl (C=O) groups is 1. The molecule has 0 bridgehead atoms. The fraction of sp³-hybridized carbons (Fsp3) is 0.407. The lowest BCUT2D eigenvalue weighted by atomic mass is 9.70. The molecule has 6 heteroatoms. The minimum atomic E-state index is -0.177. The number of phenolic OH excluding ortho intramolecular Hbond substituents is 1. The summed E-state index contributed by atoms with van der Waals surface area (Å²) in [5.41, 5.74) is 4.21. The van der Waals surface area contributed by atoms with Gasteiger partial charge in [-0.2, -0.15) is 4.99 Å². The van der Waals surface area contributed by atoms with Crippen LogP contribution in [0.4, 0.5) is 0 Å². The topological polar surface area (TPSA) is 62.1 Å². The molecule has 5 rings (SSSR count). The molecule has 0 radical (unpaired) electrons. The number of hydrogen-bond donors (Lipinski definition) is 1. The lowest BCUT2D eigenvalue weighted by molar-refractivity contribution is -0.113. The Kier molecular flexibility index (Phi) is 6.30. The fourth-order valence-corrected chi connectivity index (χ4v) is 6.01. The van der Waals surface area contributed by atoms with Crippen molar-refractivity contribution < 1.29 is 14.6 Å². The summed E-state index contributed by atoms with van der Waals surface area (Å²) in [6, 6.07) is 14.2. The molecule has 2 heterocycles. The van der Waals surface area contributed by atoms with Crippen LogP contribution in [0.5, 0.6) is 5.75 Å². The summed E-state index contributed by atoms with van der Waals surface area (Å²) in [5.74, 6) is 0.214. The molecule has 2 fully saturated rings. The molecule has 1 saturated heterocycles. The highest BCUT2D eigenvalue weighted by molar-refractivity contribution is 8.18. The quantitative estimate of drug-likeness (QED) is 0.603. The van der Waals surface area contributed by atoms with Crippen LogP contribution in [0, 0.1) is 0 Å². The largest absolute Gasteiger partial charge is 0.508 e. The first-order valence-corrected chi connectivity index (χ1v) is 12.6. The van der Waals surface area contributed by atoms with Gasteiger partial charge >= 0.3 is 0 Å². The summed E-state index contributed by atoms with van der Waals surface area (Å²) in [6.07, 6.45) is 7.85. The highest BCUT2D eigenvalue weighted by Gasteiger charge is 2.31. The van der Waals surface area contributed by atoms with Gasteiger partial charge in [-0.25, -0.2) is 0 Å². The van der Waals surface area contributed by atoms with E-state index in [1.807, 2.05) is 30.3 Å². The first-order valence-electron chi connectivity index (χ1n) is 11.8. The highest BCUT2D eigenvalue weighted by Crippen LogP contribution is 2.44. The van der Waals surface area contributed by atoms with Gasteiger partial charge in [-0.1, -0.05) is 50.5 Å². The minimum absolute atomic E-state index is 0.0259. The van der Waals surface area contributed by atoms with E-state index in [-0.39, 0.29) is 11.3 Å². The van der Waals surface area contributed by atoms with Crippen molar-refractivity contribution in [2.75, 3.05) is 26.3 Å². The van der Waals surface area contributed by atoms with E-state index in [2.05, 4.69) is 35.0 Å². The average Bonchev–Trinajstić information content (AvgIpc) is 3.20. The number of thioether (sulfide) groups is 1. The lowest BCUT2D eigenvalue weighted by Gasteiger charge is -2.34. The third-order valence-corrected chi connectivity index (χ3v) is 8.06. The number of carbonyl (C=O) groups excluding carboxylic acids is 1. The van der Waals surface area contributed by atoms with Gasteiger partial charge in [-0.3, -0.25) is 4.79 Å². The van der Waals surface area contributed by atoms with E-state index in [0.29, 0.717) is 23.9 Å². The van der Waals surface area contributed by atoms with E-state index in [1.54, 1.807) is 0 Å². The van der Waals surface area contributed by atoms with Gasteiger partial charge in [-0.15, -0.1) is 0 Å². The van der Waals surface area contributed by atoms with Gasteiger partial charge in [0.1, 0.15) is 5.75 Å². The van der Waals surface area contributed by atoms with Gasteiger partial charge in [0, 0.05) is 18.7 Å². The van der Waals surface area contributed by atoms with Gasteiger partial charge in [0.05, 0.1) is 18.1 Å². The Morgan fingerprint density at radius 2 is 1.82 bits per heavy atom. The summed E-state index contributed by atoms with van der Waals surface area (Å²) < 4.78 is 5.40. The standard InChI is InChI=1S/C27H30N2O3S/c1-27(10-3-2-4-11-27)22-18-21(8-9-23(22)30)20-7-5-6-19(16-20)17-24-25(31)28-26(33-24)29-12-14-32-15-13-29/h5-9,16-18,30H,2-4,10-15H2,1H3. The van der Waals surface area contributed by atoms with Crippen LogP contribution in [-0.2, 0) is 14.9 Å². The number of amides is 1. The van der Waals surface area contributed by atoms with Crippen molar-refractivity contribution in [3.8, 4) is 16.9 Å². The summed E-state index contributed by atoms with van der Waals surface area (Å²) >= 11 is 1.44. The smallest absolute Gasteiger partial charge is 0.286 e. The summed E-state index contributed by atoms with van der Waals surface area (Å²) in [5, 5.41) is 11.4. The van der Waals surface area contributed by atoms with Crippen LogP contribution in [0.1, 0.15) is 50.2 Å². The van der Waals surface area contributed by atoms with Crippen LogP contribution in [0.25, 0.3) is 17.2 Å². The first-order chi connectivity index (χ1) is 16.0. The Hall–Kier alpha value is -2.57. The van der Waals surface area contributed by atoms with Crippen molar-refractivity contribution in [1.29, 1.82) is 0 Å². The molecule has 1 saturated carbocycles. The second-order valence-electron chi connectivity index (χ2n) is 9.39. The molecule has 0 atom stereocenters. The van der Waals surface area contributed by atoms with Gasteiger partial charge in [0.2, 0.25) is 0 Å². The van der Waals surface area contributed by atoms with Gasteiger partial charge in [0.15, 0.2) is 5.17 Å². The first kappa shape index (κ1) is 22.2. The molecule has 172 valence electrons. The SMILES string of the molecule is CC1(c2cc(-c3cccc(C=C4SC(N5CCOCC5)=NC4=O)c3)ccc2O)CCCCC1. The van der Waals surface area contributed by atoms with E-state index in [4.69, 9.17) is 4.74 Å². The number of nitrogens with zero attached hydrogens (tertiary/aromatic N) is 2. The fourth-order valence-electron chi connectivity index (χ4n) is 5.05. The van der Waals surface area contributed by atoms with Crippen LogP contribution >= 0.6 is 11.8 Å². The minimum Gasteiger partial charge on any atom is -0.508 e. The molecule has 2 aliphatic heterocycles. The molecule has 0 spiro atoms. The van der Waals surface area contributed by atoms with Gasteiger partial charge < -0.3 is 14.7 Å². The van der Waals surface area contributed by atoms with E-state index in [9.17, 15) is 9.90 Å². The monoisotopic (exact) mass is 462 g/mol. The Bertz CT molecular complexity index is 1110. The molecule has 5 nitrogen and oxygen atoms in total. The van der Waals surface area contributed by atoms with Crippen LogP contribution in [-0.4, -0.2) is 47.4 Å². The second-order valence-corrected chi connectivity index (χ2v) is 10.4. The van der Waals surface area contributed by atoms with Crippen molar-refractivity contribution in [3.05, 3.63) is 58.5 Å². The lowest BCUT2D eigenvalue weighted by Crippen LogP contribution is -2.38. The zero-order valence-electron chi connectivity index (χ0n) is 19.0. The maximum Gasteiger partial charge on any atom is 0.286 e. The molecular formula is C27H30N2O3S. The van der Waals surface area contributed by atoms with Crippen LogP contribution in [0.3, 0.4) is 0 Å². The van der Waals surface area contributed by atoms with Gasteiger partial charge in [0.25, 0.3) is 5.91 Å². The molecule has 0 unspecified atom stereocenters. The van der Waals surface area contributed by atoms with Crippen LogP contribution in [0.2, 0.25) is 0 Å². The number of amidine groups is 1. The molecule has 2 aromatic carbocycles. The molecule has 0 aromatic heterocycles. The summed E-state index contributed by atoms with van der Waals surface area (Å²) in [6.45, 7) is 5.15. The molecular weight excluding hydrogens is 432 g/mol. The second kappa shape index (κ2) is 9.35. The van der Waals surface area contributed by atoms with Crippen molar-refractivity contribution in [2.24, 2.45) is 4.99 Å². The summed E-state index contributed by atoms with van der Waals surface area (Å²) in [4.78, 5) is 19.5. The Morgan fingerprint density at radius 1 is 1.06 bits per heavy atom. The highest BCUT2D eigenvalue weighted by atomic mass is 32.2. The van der Waals surface area contributed by atoms with E-state index in [1.165, 1.54) is 31.0 Å². The Labute approximate surface area is 199 Å². The maximum absolute atomic E-state index is 12.5. The number of aliphatic imine (C=N–C) groups is 1. The predicted molar refractivity (Wildman–Crippen MR) is 134 cm³/mol. The third-order valence-electron chi connectivity index (χ3n) is 7.01. The number of aromatic hydroxyl groups is 1. The van der Waals surface area contributed by atoms with Crippen molar-refractivity contribution in [3.63, 3.8) is 0 Å². The number of benzene rings is 2.